The van der Waals surface area contributed by atoms with Crippen LogP contribution in [0.25, 0.3) is 21.6 Å². The predicted molar refractivity (Wildman–Crippen MR) is 103 cm³/mol. The molecule has 1 atom stereocenters. The maximum atomic E-state index is 13.3. The van der Waals surface area contributed by atoms with Crippen LogP contribution >= 0.6 is 44.5 Å². The Kier molecular flexibility index (Phi) is 5.59. The summed E-state index contributed by atoms with van der Waals surface area (Å²) < 4.78 is 33.9. The molecule has 0 saturated carbocycles. The standard InChI is InChI=1S/C16H10ClFO2S4/c17-13-7-11(18)5-6-12(13)14-15(22-23-16(14)21)10-3-1-9(2-4-10)8-24(19)20/h1-7H,8H2,(H,19,20). The Labute approximate surface area is 158 Å². The van der Waals surface area contributed by atoms with E-state index in [0.29, 0.717) is 14.4 Å². The first kappa shape index (κ1) is 17.8. The molecular weight excluding hydrogens is 407 g/mol. The molecule has 0 saturated heterocycles. The molecule has 0 aliphatic heterocycles. The van der Waals surface area contributed by atoms with Gasteiger partial charge in [0.15, 0.2) is 11.1 Å². The Morgan fingerprint density at radius 2 is 1.88 bits per heavy atom. The second-order valence-electron chi connectivity index (χ2n) is 4.95. The van der Waals surface area contributed by atoms with Crippen LogP contribution in [-0.2, 0) is 16.8 Å². The molecule has 124 valence electrons. The van der Waals surface area contributed by atoms with Crippen molar-refractivity contribution in [2.24, 2.45) is 0 Å². The number of halogens is 2. The van der Waals surface area contributed by atoms with Gasteiger partial charge in [-0.1, -0.05) is 68.8 Å². The molecule has 24 heavy (non-hydrogen) atoms. The first-order valence-corrected chi connectivity index (χ1v) is 10.9. The molecule has 0 spiro atoms. The Balaban J connectivity index is 2.07. The summed E-state index contributed by atoms with van der Waals surface area (Å²) in [5, 5.41) is 0.320. The SMILES string of the molecule is O=S(O)Cc1ccc(-c2ssc(=S)c2-c2ccc(F)cc2Cl)cc1. The number of hydrogen-bond donors (Lipinski definition) is 1. The lowest BCUT2D eigenvalue weighted by Gasteiger charge is -2.07. The average molecular weight is 417 g/mol. The van der Waals surface area contributed by atoms with Crippen LogP contribution in [0.5, 0.6) is 0 Å². The van der Waals surface area contributed by atoms with Crippen LogP contribution in [0.2, 0.25) is 5.02 Å². The Bertz CT molecular complexity index is 963. The van der Waals surface area contributed by atoms with Crippen molar-refractivity contribution < 1.29 is 13.2 Å². The number of rotatable bonds is 4. The normalized spacial score (nSPS) is 12.3. The van der Waals surface area contributed by atoms with Gasteiger partial charge in [0.25, 0.3) is 0 Å². The van der Waals surface area contributed by atoms with Gasteiger partial charge in [-0.2, -0.15) is 0 Å². The molecule has 1 aromatic heterocycles. The molecule has 0 bridgehead atoms. The molecule has 1 N–H and O–H groups in total. The van der Waals surface area contributed by atoms with Crippen molar-refractivity contribution in [1.29, 1.82) is 0 Å². The summed E-state index contributed by atoms with van der Waals surface area (Å²) in [5.41, 5.74) is 3.24. The minimum absolute atomic E-state index is 0.0935. The smallest absolute Gasteiger partial charge is 0.157 e. The lowest BCUT2D eigenvalue weighted by Crippen LogP contribution is -1.92. The molecule has 2 nitrogen and oxygen atoms in total. The third kappa shape index (κ3) is 3.82. The van der Waals surface area contributed by atoms with Gasteiger partial charge >= 0.3 is 0 Å². The Hall–Kier alpha value is -0.960. The maximum absolute atomic E-state index is 13.3. The van der Waals surface area contributed by atoms with Crippen molar-refractivity contribution in [2.45, 2.75) is 5.75 Å². The molecule has 0 aliphatic rings. The van der Waals surface area contributed by atoms with Crippen molar-refractivity contribution in [3.05, 3.63) is 62.7 Å². The van der Waals surface area contributed by atoms with Crippen molar-refractivity contribution in [1.82, 2.24) is 0 Å². The van der Waals surface area contributed by atoms with E-state index in [1.807, 2.05) is 24.3 Å². The zero-order chi connectivity index (χ0) is 17.3. The molecule has 0 amide bonds. The molecule has 3 rings (SSSR count). The molecule has 1 heterocycles. The highest BCUT2D eigenvalue weighted by molar-refractivity contribution is 7.80. The minimum atomic E-state index is -1.87. The summed E-state index contributed by atoms with van der Waals surface area (Å²) in [4.78, 5) is 0.954. The van der Waals surface area contributed by atoms with Crippen LogP contribution in [0.1, 0.15) is 5.56 Å². The highest BCUT2D eigenvalue weighted by Gasteiger charge is 2.16. The van der Waals surface area contributed by atoms with Crippen LogP contribution in [0.4, 0.5) is 4.39 Å². The number of hydrogen-bond acceptors (Lipinski definition) is 4. The second-order valence-corrected chi connectivity index (χ2v) is 9.10. The maximum Gasteiger partial charge on any atom is 0.157 e. The molecular formula is C16H10ClFO2S4. The fourth-order valence-corrected chi connectivity index (χ4v) is 5.90. The van der Waals surface area contributed by atoms with Gasteiger partial charge in [0.05, 0.1) is 15.7 Å². The topological polar surface area (TPSA) is 37.3 Å². The van der Waals surface area contributed by atoms with Crippen LogP contribution in [0, 0.1) is 9.64 Å². The molecule has 0 aliphatic carbocycles. The summed E-state index contributed by atoms with van der Waals surface area (Å²) in [6.07, 6.45) is 0. The lowest BCUT2D eigenvalue weighted by atomic mass is 10.0. The quantitative estimate of drug-likeness (QED) is 0.304. The molecule has 3 aromatic rings. The van der Waals surface area contributed by atoms with Crippen molar-refractivity contribution in [3.63, 3.8) is 0 Å². The van der Waals surface area contributed by atoms with E-state index in [1.165, 1.54) is 32.8 Å². The Morgan fingerprint density at radius 3 is 2.50 bits per heavy atom. The molecule has 2 aromatic carbocycles. The lowest BCUT2D eigenvalue weighted by molar-refractivity contribution is 0.563. The summed E-state index contributed by atoms with van der Waals surface area (Å²) in [7, 11) is 3.00. The highest BCUT2D eigenvalue weighted by atomic mass is 35.5. The third-order valence-corrected chi connectivity index (χ3v) is 7.30. The van der Waals surface area contributed by atoms with Crippen LogP contribution in [0.15, 0.2) is 42.5 Å². The molecule has 1 unspecified atom stereocenters. The van der Waals surface area contributed by atoms with Gasteiger partial charge in [-0.3, -0.25) is 0 Å². The summed E-state index contributed by atoms with van der Waals surface area (Å²) in [6.45, 7) is 0. The average Bonchev–Trinajstić information content (AvgIpc) is 2.89. The van der Waals surface area contributed by atoms with E-state index in [2.05, 4.69) is 0 Å². The largest absolute Gasteiger partial charge is 0.306 e. The highest BCUT2D eigenvalue weighted by Crippen LogP contribution is 2.43. The van der Waals surface area contributed by atoms with Gasteiger partial charge in [0, 0.05) is 11.1 Å². The second kappa shape index (κ2) is 7.51. The van der Waals surface area contributed by atoms with E-state index in [9.17, 15) is 8.60 Å². The molecule has 0 fully saturated rings. The van der Waals surface area contributed by atoms with Gasteiger partial charge in [-0.25, -0.2) is 8.60 Å². The van der Waals surface area contributed by atoms with Crippen molar-refractivity contribution >= 4 is 55.6 Å². The van der Waals surface area contributed by atoms with E-state index in [-0.39, 0.29) is 5.75 Å². The van der Waals surface area contributed by atoms with Gasteiger partial charge in [0.2, 0.25) is 0 Å². The fraction of sp³-hybridized carbons (Fsp3) is 0.0625. The molecule has 8 heteroatoms. The third-order valence-electron chi connectivity index (χ3n) is 3.34. The zero-order valence-electron chi connectivity index (χ0n) is 12.0. The van der Waals surface area contributed by atoms with Crippen molar-refractivity contribution in [2.75, 3.05) is 0 Å². The fourth-order valence-electron chi connectivity index (χ4n) is 2.27. The van der Waals surface area contributed by atoms with Crippen LogP contribution < -0.4 is 0 Å². The van der Waals surface area contributed by atoms with E-state index < -0.39 is 16.9 Å². The van der Waals surface area contributed by atoms with E-state index >= 15 is 0 Å². The van der Waals surface area contributed by atoms with E-state index in [0.717, 1.165) is 21.6 Å². The van der Waals surface area contributed by atoms with Gasteiger partial charge in [0.1, 0.15) is 9.64 Å². The molecule has 0 radical (unpaired) electrons. The summed E-state index contributed by atoms with van der Waals surface area (Å²) >= 11 is 9.76. The van der Waals surface area contributed by atoms with Gasteiger partial charge in [-0.05, 0) is 29.3 Å². The zero-order valence-corrected chi connectivity index (χ0v) is 16.0. The monoisotopic (exact) mass is 416 g/mol. The summed E-state index contributed by atoms with van der Waals surface area (Å²) in [5.74, 6) is -0.299. The summed E-state index contributed by atoms with van der Waals surface area (Å²) in [6, 6.07) is 11.7. The Morgan fingerprint density at radius 1 is 1.17 bits per heavy atom. The number of benzene rings is 2. The van der Waals surface area contributed by atoms with Gasteiger partial charge in [-0.15, -0.1) is 0 Å². The first-order chi connectivity index (χ1) is 11.5. The predicted octanol–water partition coefficient (Wildman–Crippen LogP) is 6.39. The van der Waals surface area contributed by atoms with E-state index in [4.69, 9.17) is 28.4 Å². The van der Waals surface area contributed by atoms with Crippen molar-refractivity contribution in [3.8, 4) is 21.6 Å². The minimum Gasteiger partial charge on any atom is -0.306 e. The van der Waals surface area contributed by atoms with Crippen LogP contribution in [-0.4, -0.2) is 8.76 Å². The van der Waals surface area contributed by atoms with Gasteiger partial charge < -0.3 is 4.55 Å². The van der Waals surface area contributed by atoms with E-state index in [1.54, 1.807) is 6.07 Å². The first-order valence-electron chi connectivity index (χ1n) is 6.71. The van der Waals surface area contributed by atoms with Crippen LogP contribution in [0.3, 0.4) is 0 Å².